The summed E-state index contributed by atoms with van der Waals surface area (Å²) in [5, 5.41) is 0.315. The molecular weight excluding hydrogens is 358 g/mol. The molecule has 2 aliphatic rings. The van der Waals surface area contributed by atoms with Crippen molar-refractivity contribution in [3.8, 4) is 0 Å². The average Bonchev–Trinajstić information content (AvgIpc) is 2.69. The Kier molecular flexibility index (Phi) is 6.74. The smallest absolute Gasteiger partial charge is 0.225 e. The van der Waals surface area contributed by atoms with Gasteiger partial charge in [0, 0.05) is 37.4 Å². The molecule has 2 aliphatic heterocycles. The number of aromatic nitrogens is 2. The lowest BCUT2D eigenvalue weighted by molar-refractivity contribution is 0.341. The third-order valence-corrected chi connectivity index (χ3v) is 5.78. The van der Waals surface area contributed by atoms with Crippen LogP contribution in [0.5, 0.6) is 0 Å². The van der Waals surface area contributed by atoms with Crippen LogP contribution in [0.15, 0.2) is 16.3 Å². The zero-order chi connectivity index (χ0) is 19.4. The molecular formula is C21H32ClN5. The van der Waals surface area contributed by atoms with Gasteiger partial charge >= 0.3 is 0 Å². The van der Waals surface area contributed by atoms with Gasteiger partial charge in [0.1, 0.15) is 11.5 Å². The molecule has 1 aromatic rings. The molecule has 148 valence electrons. The summed E-state index contributed by atoms with van der Waals surface area (Å²) in [4.78, 5) is 19.0. The van der Waals surface area contributed by atoms with Crippen molar-refractivity contribution in [2.75, 3.05) is 31.1 Å². The highest BCUT2D eigenvalue weighted by Crippen LogP contribution is 2.27. The van der Waals surface area contributed by atoms with Crippen LogP contribution >= 0.6 is 11.6 Å². The minimum Gasteiger partial charge on any atom is -0.356 e. The van der Waals surface area contributed by atoms with Crippen LogP contribution in [0.4, 0.5) is 5.82 Å². The number of amidine groups is 1. The Balaban J connectivity index is 2.08. The number of aliphatic imine (C=N–C) groups is 1. The maximum atomic E-state index is 6.39. The molecule has 0 saturated carbocycles. The number of nitrogens with zero attached hydrogens (tertiary/aromatic N) is 5. The Morgan fingerprint density at radius 2 is 1.48 bits per heavy atom. The Hall–Kier alpha value is -1.62. The molecule has 0 atom stereocenters. The van der Waals surface area contributed by atoms with Gasteiger partial charge in [-0.1, -0.05) is 5.57 Å². The molecule has 0 spiro atoms. The first-order chi connectivity index (χ1) is 13.0. The number of rotatable bonds is 3. The van der Waals surface area contributed by atoms with Crippen molar-refractivity contribution in [1.82, 2.24) is 14.9 Å². The van der Waals surface area contributed by atoms with Gasteiger partial charge in [-0.2, -0.15) is 0 Å². The van der Waals surface area contributed by atoms with E-state index < -0.39 is 0 Å². The fourth-order valence-electron chi connectivity index (χ4n) is 3.76. The van der Waals surface area contributed by atoms with E-state index in [9.17, 15) is 0 Å². The second kappa shape index (κ2) is 9.05. The van der Waals surface area contributed by atoms with E-state index in [1.165, 1.54) is 44.1 Å². The standard InChI is InChI=1S/C21H32ClN5/c1-15(2)17(4)23-20(27-13-9-6-10-14-27)18-16(3)19(25-21(22)24-18)26-11-7-5-8-12-26/h5-14H2,1-4H3. The zero-order valence-corrected chi connectivity index (χ0v) is 17.9. The summed E-state index contributed by atoms with van der Waals surface area (Å²) in [7, 11) is 0. The van der Waals surface area contributed by atoms with Gasteiger partial charge in [0.15, 0.2) is 5.84 Å². The van der Waals surface area contributed by atoms with Gasteiger partial charge < -0.3 is 9.80 Å². The summed E-state index contributed by atoms with van der Waals surface area (Å²) >= 11 is 6.39. The van der Waals surface area contributed by atoms with Crippen LogP contribution in [-0.2, 0) is 0 Å². The van der Waals surface area contributed by atoms with E-state index >= 15 is 0 Å². The van der Waals surface area contributed by atoms with Crippen LogP contribution in [-0.4, -0.2) is 46.9 Å². The van der Waals surface area contributed by atoms with E-state index in [0.717, 1.165) is 54.8 Å². The number of hydrogen-bond acceptors (Lipinski definition) is 4. The van der Waals surface area contributed by atoms with Crippen LogP contribution in [0.25, 0.3) is 0 Å². The monoisotopic (exact) mass is 389 g/mol. The maximum absolute atomic E-state index is 6.39. The Morgan fingerprint density at radius 3 is 2.07 bits per heavy atom. The molecule has 0 unspecified atom stereocenters. The van der Waals surface area contributed by atoms with Gasteiger partial charge in [-0.05, 0) is 77.8 Å². The van der Waals surface area contributed by atoms with E-state index in [-0.39, 0.29) is 0 Å². The zero-order valence-electron chi connectivity index (χ0n) is 17.2. The second-order valence-electron chi connectivity index (χ2n) is 7.91. The van der Waals surface area contributed by atoms with Crippen LogP contribution in [0.3, 0.4) is 0 Å². The summed E-state index contributed by atoms with van der Waals surface area (Å²) in [5.41, 5.74) is 4.24. The molecule has 2 fully saturated rings. The molecule has 1 aromatic heterocycles. The number of piperidine rings is 2. The summed E-state index contributed by atoms with van der Waals surface area (Å²) in [6, 6.07) is 0. The maximum Gasteiger partial charge on any atom is 0.225 e. The number of allylic oxidation sites excluding steroid dienone is 2. The fourth-order valence-corrected chi connectivity index (χ4v) is 3.92. The lowest BCUT2D eigenvalue weighted by Gasteiger charge is -2.32. The van der Waals surface area contributed by atoms with Crippen molar-refractivity contribution in [2.45, 2.75) is 66.2 Å². The molecule has 0 radical (unpaired) electrons. The van der Waals surface area contributed by atoms with Crippen LogP contribution < -0.4 is 4.90 Å². The number of hydrogen-bond donors (Lipinski definition) is 0. The Labute approximate surface area is 168 Å². The largest absolute Gasteiger partial charge is 0.356 e. The fraction of sp³-hybridized carbons (Fsp3) is 0.667. The summed E-state index contributed by atoms with van der Waals surface area (Å²) in [5.74, 6) is 1.93. The van der Waals surface area contributed by atoms with E-state index in [1.54, 1.807) is 0 Å². The molecule has 3 rings (SSSR count). The topological polar surface area (TPSA) is 44.6 Å². The second-order valence-corrected chi connectivity index (χ2v) is 8.24. The number of halogens is 1. The van der Waals surface area contributed by atoms with Gasteiger partial charge in [0.2, 0.25) is 5.28 Å². The molecule has 6 heteroatoms. The lowest BCUT2D eigenvalue weighted by atomic mass is 10.1. The van der Waals surface area contributed by atoms with E-state index in [1.807, 2.05) is 0 Å². The third kappa shape index (κ3) is 4.81. The quantitative estimate of drug-likeness (QED) is 0.415. The van der Waals surface area contributed by atoms with Gasteiger partial charge in [-0.25, -0.2) is 15.0 Å². The van der Waals surface area contributed by atoms with Crippen molar-refractivity contribution in [3.05, 3.63) is 27.8 Å². The first kappa shape index (κ1) is 20.1. The summed E-state index contributed by atoms with van der Waals surface area (Å²) in [6.45, 7) is 12.5. The molecule has 0 bridgehead atoms. The van der Waals surface area contributed by atoms with E-state index in [2.05, 4.69) is 47.5 Å². The molecule has 2 saturated heterocycles. The molecule has 5 nitrogen and oxygen atoms in total. The van der Waals surface area contributed by atoms with Gasteiger partial charge in [0.05, 0.1) is 0 Å². The SMILES string of the molecule is CC(C)=C(C)N=C(c1nc(Cl)nc(N2CCCCC2)c1C)N1CCCCC1. The van der Waals surface area contributed by atoms with Crippen molar-refractivity contribution in [3.63, 3.8) is 0 Å². The lowest BCUT2D eigenvalue weighted by Crippen LogP contribution is -2.38. The Bertz CT molecular complexity index is 724. The van der Waals surface area contributed by atoms with Crippen molar-refractivity contribution in [2.24, 2.45) is 4.99 Å². The highest BCUT2D eigenvalue weighted by atomic mass is 35.5. The predicted molar refractivity (Wildman–Crippen MR) is 114 cm³/mol. The molecule has 0 amide bonds. The van der Waals surface area contributed by atoms with Gasteiger partial charge in [0.25, 0.3) is 0 Å². The van der Waals surface area contributed by atoms with E-state index in [0.29, 0.717) is 5.28 Å². The van der Waals surface area contributed by atoms with Crippen LogP contribution in [0.1, 0.15) is 70.6 Å². The molecule has 27 heavy (non-hydrogen) atoms. The normalized spacial score (nSPS) is 18.6. The van der Waals surface area contributed by atoms with Gasteiger partial charge in [-0.3, -0.25) is 0 Å². The minimum absolute atomic E-state index is 0.315. The number of anilines is 1. The van der Waals surface area contributed by atoms with Crippen molar-refractivity contribution in [1.29, 1.82) is 0 Å². The summed E-state index contributed by atoms with van der Waals surface area (Å²) < 4.78 is 0. The molecule has 0 N–H and O–H groups in total. The minimum atomic E-state index is 0.315. The van der Waals surface area contributed by atoms with Crippen molar-refractivity contribution < 1.29 is 0 Å². The first-order valence-corrected chi connectivity index (χ1v) is 10.6. The highest BCUT2D eigenvalue weighted by Gasteiger charge is 2.25. The predicted octanol–water partition coefficient (Wildman–Crippen LogP) is 4.98. The highest BCUT2D eigenvalue weighted by molar-refractivity contribution is 6.28. The molecule has 3 heterocycles. The van der Waals surface area contributed by atoms with Crippen LogP contribution in [0, 0.1) is 6.92 Å². The third-order valence-electron chi connectivity index (χ3n) is 5.61. The number of likely N-dealkylation sites (tertiary alicyclic amines) is 1. The van der Waals surface area contributed by atoms with E-state index in [4.69, 9.17) is 16.6 Å². The molecule has 0 aromatic carbocycles. The summed E-state index contributed by atoms with van der Waals surface area (Å²) in [6.07, 6.45) is 7.39. The Morgan fingerprint density at radius 1 is 0.889 bits per heavy atom. The average molecular weight is 390 g/mol. The first-order valence-electron chi connectivity index (χ1n) is 10.2. The molecule has 0 aliphatic carbocycles. The van der Waals surface area contributed by atoms with Crippen LogP contribution in [0.2, 0.25) is 5.28 Å². The van der Waals surface area contributed by atoms with Crippen molar-refractivity contribution >= 4 is 23.3 Å². The van der Waals surface area contributed by atoms with Gasteiger partial charge in [-0.15, -0.1) is 0 Å².